The Bertz CT molecular complexity index is 1400. The van der Waals surface area contributed by atoms with Gasteiger partial charge in [-0.1, -0.05) is 58.4 Å². The second-order valence-corrected chi connectivity index (χ2v) is 9.42. The molecule has 0 bridgehead atoms. The number of imidazole rings is 1. The van der Waals surface area contributed by atoms with Gasteiger partial charge in [0.25, 0.3) is 5.91 Å². The number of fused-ring (bicyclic) bond motifs is 1. The van der Waals surface area contributed by atoms with Gasteiger partial charge in [0.2, 0.25) is 0 Å². The van der Waals surface area contributed by atoms with Crippen LogP contribution in [-0.4, -0.2) is 24.2 Å². The van der Waals surface area contributed by atoms with Gasteiger partial charge < -0.3 is 9.12 Å². The van der Waals surface area contributed by atoms with Crippen molar-refractivity contribution in [2.45, 2.75) is 13.5 Å². The molecule has 4 aromatic rings. The number of halogens is 2. The molecule has 9 heteroatoms. The minimum absolute atomic E-state index is 0.225. The molecule has 0 N–H and O–H groups in total. The maximum Gasteiger partial charge on any atom is 0.269 e. The lowest BCUT2D eigenvalue weighted by molar-refractivity contribution is 0.100. The number of amides is 1. The van der Waals surface area contributed by atoms with E-state index in [2.05, 4.69) is 27.5 Å². The summed E-state index contributed by atoms with van der Waals surface area (Å²) in [7, 11) is 0. The van der Waals surface area contributed by atoms with Crippen molar-refractivity contribution in [3.8, 4) is 0 Å². The molecule has 0 aliphatic heterocycles. The second-order valence-electron chi connectivity index (χ2n) is 7.30. The number of carbonyl (C=O) groups is 1. The lowest BCUT2D eigenvalue weighted by Gasteiger charge is -2.24. The molecule has 1 aromatic heterocycles. The maximum atomic E-state index is 13.2. The number of hydrogen-bond acceptors (Lipinski definition) is 4. The van der Waals surface area contributed by atoms with Gasteiger partial charge in [0.05, 0.1) is 34.5 Å². The fourth-order valence-corrected chi connectivity index (χ4v) is 4.80. The summed E-state index contributed by atoms with van der Waals surface area (Å²) in [5.74, 6) is 0.0847. The molecule has 0 saturated heterocycles. The molecule has 0 saturated carbocycles. The Morgan fingerprint density at radius 3 is 2.58 bits per heavy atom. The predicted octanol–water partition coefficient (Wildman–Crippen LogP) is 5.89. The first-order valence-corrected chi connectivity index (χ1v) is 12.1. The topological polar surface area (TPSA) is 78.3 Å². The van der Waals surface area contributed by atoms with Gasteiger partial charge in [0, 0.05) is 15.1 Å². The fraction of sp³-hybridized carbons (Fsp3) is 0.0833. The zero-order chi connectivity index (χ0) is 23.7. The van der Waals surface area contributed by atoms with Crippen LogP contribution < -0.4 is 4.31 Å². The van der Waals surface area contributed by atoms with Crippen molar-refractivity contribution in [2.75, 3.05) is 4.31 Å². The van der Waals surface area contributed by atoms with E-state index in [1.54, 1.807) is 48.5 Å². The van der Waals surface area contributed by atoms with Crippen molar-refractivity contribution < 1.29 is 13.6 Å². The van der Waals surface area contributed by atoms with E-state index >= 15 is 0 Å². The number of nitrogens with zero attached hydrogens (tertiary/aromatic N) is 3. The molecule has 1 atom stereocenters. The van der Waals surface area contributed by atoms with Crippen LogP contribution in [0.3, 0.4) is 0 Å². The van der Waals surface area contributed by atoms with E-state index in [1.807, 2.05) is 29.7 Å². The molecule has 0 fully saturated rings. The summed E-state index contributed by atoms with van der Waals surface area (Å²) < 4.78 is 27.5. The first-order chi connectivity index (χ1) is 15.8. The average Bonchev–Trinajstić information content (AvgIpc) is 3.10. The normalized spacial score (nSPS) is 12.0. The van der Waals surface area contributed by atoms with Gasteiger partial charge >= 0.3 is 0 Å². The Hall–Kier alpha value is -2.78. The van der Waals surface area contributed by atoms with Crippen LogP contribution >= 0.6 is 27.5 Å². The maximum absolute atomic E-state index is 13.2. The Morgan fingerprint density at radius 2 is 1.94 bits per heavy atom. The van der Waals surface area contributed by atoms with Crippen LogP contribution in [0.5, 0.6) is 0 Å². The average molecular weight is 544 g/mol. The number of aromatic nitrogens is 2. The van der Waals surface area contributed by atoms with E-state index in [0.29, 0.717) is 22.6 Å². The lowest BCUT2D eigenvalue weighted by Crippen LogP contribution is -2.32. The molecule has 4 rings (SSSR count). The van der Waals surface area contributed by atoms with Crippen molar-refractivity contribution in [1.82, 2.24) is 9.55 Å². The zero-order valence-electron chi connectivity index (χ0n) is 17.5. The second kappa shape index (κ2) is 9.61. The summed E-state index contributed by atoms with van der Waals surface area (Å²) >= 11 is 7.00. The number of rotatable bonds is 6. The van der Waals surface area contributed by atoms with Crippen molar-refractivity contribution >= 4 is 67.5 Å². The summed E-state index contributed by atoms with van der Waals surface area (Å²) in [5.41, 5.74) is 3.57. The molecule has 0 aliphatic carbocycles. The van der Waals surface area contributed by atoms with Crippen LogP contribution in [0.4, 0.5) is 5.69 Å². The number of carbonyl (C=O) groups excluding carboxylic acids is 1. The lowest BCUT2D eigenvalue weighted by atomic mass is 10.1. The summed E-state index contributed by atoms with van der Waals surface area (Å²) in [6.45, 7) is 6.00. The summed E-state index contributed by atoms with van der Waals surface area (Å²) in [6, 6.07) is 17.1. The highest BCUT2D eigenvalue weighted by Crippen LogP contribution is 2.26. The standard InChI is InChI=1S/C24H19BrClN3O3S/c1-3-16-4-9-20(10-5-16)29(33(31)32)24(30)17-7-11-22-23(12-17)28(15(2)27-22)14-18-6-8-19(25)13-21(18)26/h3-13H,1,14H2,2H3,(H,31,32)/p-1. The minimum Gasteiger partial charge on any atom is -0.755 e. The molecule has 0 radical (unpaired) electrons. The van der Waals surface area contributed by atoms with Gasteiger partial charge in [0.1, 0.15) is 5.82 Å². The number of aryl methyl sites for hydroxylation is 1. The summed E-state index contributed by atoms with van der Waals surface area (Å²) in [5, 5.41) is 0.605. The zero-order valence-corrected chi connectivity index (χ0v) is 20.7. The van der Waals surface area contributed by atoms with Gasteiger partial charge in [-0.3, -0.25) is 9.00 Å². The molecule has 1 unspecified atom stereocenters. The van der Waals surface area contributed by atoms with E-state index in [-0.39, 0.29) is 11.3 Å². The van der Waals surface area contributed by atoms with Crippen LogP contribution in [0.1, 0.15) is 27.3 Å². The van der Waals surface area contributed by atoms with E-state index in [1.165, 1.54) is 0 Å². The molecule has 168 valence electrons. The van der Waals surface area contributed by atoms with Crippen LogP contribution in [0.25, 0.3) is 17.1 Å². The molecule has 33 heavy (non-hydrogen) atoms. The van der Waals surface area contributed by atoms with E-state index < -0.39 is 17.2 Å². The smallest absolute Gasteiger partial charge is 0.269 e. The van der Waals surface area contributed by atoms with E-state index in [9.17, 15) is 13.6 Å². The number of anilines is 1. The van der Waals surface area contributed by atoms with Gasteiger partial charge in [-0.05, 0) is 60.5 Å². The third kappa shape index (κ3) is 4.79. The van der Waals surface area contributed by atoms with Crippen molar-refractivity contribution in [3.05, 3.63) is 99.3 Å². The highest BCUT2D eigenvalue weighted by Gasteiger charge is 2.21. The first kappa shape index (κ1) is 23.4. The highest BCUT2D eigenvalue weighted by molar-refractivity contribution is 9.10. The molecule has 3 aromatic carbocycles. The molecule has 0 spiro atoms. The van der Waals surface area contributed by atoms with Crippen LogP contribution in [-0.2, 0) is 17.8 Å². The van der Waals surface area contributed by atoms with Gasteiger partial charge in [-0.15, -0.1) is 0 Å². The number of benzene rings is 3. The van der Waals surface area contributed by atoms with E-state index in [4.69, 9.17) is 11.6 Å². The van der Waals surface area contributed by atoms with E-state index in [0.717, 1.165) is 25.7 Å². The Morgan fingerprint density at radius 1 is 1.21 bits per heavy atom. The van der Waals surface area contributed by atoms with Crippen molar-refractivity contribution in [3.63, 3.8) is 0 Å². The largest absolute Gasteiger partial charge is 0.755 e. The Kier molecular flexibility index (Phi) is 6.81. The van der Waals surface area contributed by atoms with Gasteiger partial charge in [-0.2, -0.15) is 0 Å². The van der Waals surface area contributed by atoms with Crippen LogP contribution in [0, 0.1) is 6.92 Å². The molecular formula is C24H18BrClN3O3S-. The number of hydrogen-bond donors (Lipinski definition) is 0. The molecule has 1 amide bonds. The molecular weight excluding hydrogens is 526 g/mol. The first-order valence-electron chi connectivity index (χ1n) is 9.85. The monoisotopic (exact) mass is 542 g/mol. The predicted molar refractivity (Wildman–Crippen MR) is 135 cm³/mol. The summed E-state index contributed by atoms with van der Waals surface area (Å²) in [6.07, 6.45) is 1.64. The molecule has 6 nitrogen and oxygen atoms in total. The van der Waals surface area contributed by atoms with Gasteiger partial charge in [0.15, 0.2) is 0 Å². The van der Waals surface area contributed by atoms with Crippen molar-refractivity contribution in [2.24, 2.45) is 0 Å². The van der Waals surface area contributed by atoms with Crippen LogP contribution in [0.2, 0.25) is 5.02 Å². The van der Waals surface area contributed by atoms with Crippen molar-refractivity contribution in [1.29, 1.82) is 0 Å². The van der Waals surface area contributed by atoms with Crippen LogP contribution in [0.15, 0.2) is 71.7 Å². The Labute approximate surface area is 207 Å². The molecule has 0 aliphatic rings. The minimum atomic E-state index is -2.80. The highest BCUT2D eigenvalue weighted by atomic mass is 79.9. The quantitative estimate of drug-likeness (QED) is 0.284. The Balaban J connectivity index is 1.74. The SMILES string of the molecule is C=Cc1ccc(N(C(=O)c2ccc3nc(C)n(Cc4ccc(Br)cc4Cl)c3c2)S(=O)[O-])cc1. The molecule has 1 heterocycles. The fourth-order valence-electron chi connectivity index (χ4n) is 3.53. The summed E-state index contributed by atoms with van der Waals surface area (Å²) in [4.78, 5) is 17.8. The van der Waals surface area contributed by atoms with Gasteiger partial charge in [-0.25, -0.2) is 9.29 Å². The third-order valence-electron chi connectivity index (χ3n) is 5.23. The third-order valence-corrected chi connectivity index (χ3v) is 6.75.